The van der Waals surface area contributed by atoms with Gasteiger partial charge in [-0.05, 0) is 52.3 Å². The highest BCUT2D eigenvalue weighted by molar-refractivity contribution is 5.67. The maximum absolute atomic E-state index is 11.5. The third kappa shape index (κ3) is 5.93. The van der Waals surface area contributed by atoms with Gasteiger partial charge in [0.1, 0.15) is 11.4 Å². The van der Waals surface area contributed by atoms with E-state index in [1.54, 1.807) is 0 Å². The molecule has 0 aliphatic heterocycles. The molecule has 1 amide bonds. The Balaban J connectivity index is 2.46. The van der Waals surface area contributed by atoms with Crippen LogP contribution in [0, 0.1) is 0 Å². The molecule has 1 atom stereocenters. The van der Waals surface area contributed by atoms with Crippen LogP contribution in [0.25, 0.3) is 0 Å². The standard InChI is InChI=1S/C15H24N2O3/c1-6-19-13-9-7-12(8-10-13)11(2)16-17-14(18)20-15(3,4)5/h7-11,16H,6H2,1-5H3,(H,17,18). The van der Waals surface area contributed by atoms with E-state index in [9.17, 15) is 4.79 Å². The molecular formula is C15H24N2O3. The first-order valence-electron chi connectivity index (χ1n) is 6.79. The maximum atomic E-state index is 11.5. The van der Waals surface area contributed by atoms with Gasteiger partial charge in [0.05, 0.1) is 6.61 Å². The van der Waals surface area contributed by atoms with E-state index in [1.165, 1.54) is 0 Å². The van der Waals surface area contributed by atoms with Gasteiger partial charge in [-0.3, -0.25) is 5.43 Å². The minimum Gasteiger partial charge on any atom is -0.494 e. The fourth-order valence-electron chi connectivity index (χ4n) is 1.57. The van der Waals surface area contributed by atoms with E-state index in [0.717, 1.165) is 11.3 Å². The molecule has 0 radical (unpaired) electrons. The SMILES string of the molecule is CCOc1ccc(C(C)NNC(=O)OC(C)(C)C)cc1. The molecule has 0 heterocycles. The van der Waals surface area contributed by atoms with Gasteiger partial charge in [-0.15, -0.1) is 0 Å². The van der Waals surface area contributed by atoms with Crippen molar-refractivity contribution in [3.05, 3.63) is 29.8 Å². The van der Waals surface area contributed by atoms with Gasteiger partial charge in [-0.1, -0.05) is 12.1 Å². The third-order valence-electron chi connectivity index (χ3n) is 2.48. The van der Waals surface area contributed by atoms with Crippen LogP contribution in [0.1, 0.15) is 46.2 Å². The summed E-state index contributed by atoms with van der Waals surface area (Å²) in [6, 6.07) is 7.70. The predicted molar refractivity (Wildman–Crippen MR) is 78.5 cm³/mol. The summed E-state index contributed by atoms with van der Waals surface area (Å²) in [5, 5.41) is 0. The van der Waals surface area contributed by atoms with Crippen LogP contribution in [0.4, 0.5) is 4.79 Å². The first-order chi connectivity index (χ1) is 9.31. The summed E-state index contributed by atoms with van der Waals surface area (Å²) in [7, 11) is 0. The van der Waals surface area contributed by atoms with Crippen molar-refractivity contribution in [1.29, 1.82) is 0 Å². The van der Waals surface area contributed by atoms with Gasteiger partial charge in [-0.25, -0.2) is 10.2 Å². The van der Waals surface area contributed by atoms with E-state index >= 15 is 0 Å². The van der Waals surface area contributed by atoms with Crippen molar-refractivity contribution in [2.75, 3.05) is 6.61 Å². The Bertz CT molecular complexity index is 424. The quantitative estimate of drug-likeness (QED) is 0.813. The van der Waals surface area contributed by atoms with Crippen molar-refractivity contribution in [2.24, 2.45) is 0 Å². The maximum Gasteiger partial charge on any atom is 0.422 e. The van der Waals surface area contributed by atoms with Crippen molar-refractivity contribution >= 4 is 6.09 Å². The summed E-state index contributed by atoms with van der Waals surface area (Å²) in [5.41, 5.74) is 5.98. The topological polar surface area (TPSA) is 59.6 Å². The second kappa shape index (κ2) is 7.14. The number of hydrogen-bond acceptors (Lipinski definition) is 4. The van der Waals surface area contributed by atoms with E-state index in [0.29, 0.717) is 6.61 Å². The molecule has 1 unspecified atom stereocenters. The molecule has 1 aromatic rings. The molecule has 0 aliphatic carbocycles. The van der Waals surface area contributed by atoms with E-state index in [2.05, 4.69) is 10.9 Å². The molecule has 0 fully saturated rings. The van der Waals surface area contributed by atoms with Crippen LogP contribution < -0.4 is 15.6 Å². The summed E-state index contributed by atoms with van der Waals surface area (Å²) in [6.45, 7) is 10.0. The fourth-order valence-corrected chi connectivity index (χ4v) is 1.57. The first kappa shape index (κ1) is 16.3. The molecule has 2 N–H and O–H groups in total. The summed E-state index contributed by atoms with van der Waals surface area (Å²) >= 11 is 0. The van der Waals surface area contributed by atoms with E-state index in [4.69, 9.17) is 9.47 Å². The normalized spacial score (nSPS) is 12.7. The van der Waals surface area contributed by atoms with Crippen LogP contribution in [-0.4, -0.2) is 18.3 Å². The Hall–Kier alpha value is -1.75. The van der Waals surface area contributed by atoms with Gasteiger partial charge in [0, 0.05) is 6.04 Å². The number of carbonyl (C=O) groups excluding carboxylic acids is 1. The average molecular weight is 280 g/mol. The van der Waals surface area contributed by atoms with Gasteiger partial charge < -0.3 is 9.47 Å². The first-order valence-corrected chi connectivity index (χ1v) is 6.79. The minimum atomic E-state index is -0.506. The predicted octanol–water partition coefficient (Wildman–Crippen LogP) is 3.18. The molecular weight excluding hydrogens is 256 g/mol. The van der Waals surface area contributed by atoms with Crippen LogP contribution in [0.15, 0.2) is 24.3 Å². The molecule has 0 aromatic heterocycles. The number of carbonyl (C=O) groups is 1. The molecule has 0 aliphatic rings. The highest BCUT2D eigenvalue weighted by Crippen LogP contribution is 2.17. The highest BCUT2D eigenvalue weighted by Gasteiger charge is 2.16. The zero-order chi connectivity index (χ0) is 15.2. The third-order valence-corrected chi connectivity index (χ3v) is 2.48. The van der Waals surface area contributed by atoms with Gasteiger partial charge >= 0.3 is 6.09 Å². The Kier molecular flexibility index (Phi) is 5.82. The molecule has 20 heavy (non-hydrogen) atoms. The van der Waals surface area contributed by atoms with E-state index < -0.39 is 11.7 Å². The van der Waals surface area contributed by atoms with Gasteiger partial charge in [0.15, 0.2) is 0 Å². The molecule has 1 aromatic carbocycles. The van der Waals surface area contributed by atoms with E-state index in [-0.39, 0.29) is 6.04 Å². The lowest BCUT2D eigenvalue weighted by Crippen LogP contribution is -2.42. The van der Waals surface area contributed by atoms with Crippen molar-refractivity contribution in [3.8, 4) is 5.75 Å². The van der Waals surface area contributed by atoms with Crippen molar-refractivity contribution in [1.82, 2.24) is 10.9 Å². The zero-order valence-corrected chi connectivity index (χ0v) is 12.8. The van der Waals surface area contributed by atoms with E-state index in [1.807, 2.05) is 58.9 Å². The summed E-state index contributed by atoms with van der Waals surface area (Å²) in [6.07, 6.45) is -0.490. The summed E-state index contributed by atoms with van der Waals surface area (Å²) in [5.74, 6) is 0.837. The van der Waals surface area contributed by atoms with Crippen LogP contribution in [-0.2, 0) is 4.74 Å². The number of amides is 1. The lowest BCUT2D eigenvalue weighted by molar-refractivity contribution is 0.0489. The molecule has 112 valence electrons. The highest BCUT2D eigenvalue weighted by atomic mass is 16.6. The zero-order valence-electron chi connectivity index (χ0n) is 12.8. The van der Waals surface area contributed by atoms with Crippen molar-refractivity contribution in [3.63, 3.8) is 0 Å². The molecule has 0 spiro atoms. The Morgan fingerprint density at radius 1 is 1.25 bits per heavy atom. The van der Waals surface area contributed by atoms with Crippen molar-refractivity contribution < 1.29 is 14.3 Å². The monoisotopic (exact) mass is 280 g/mol. The second-order valence-electron chi connectivity index (χ2n) is 5.49. The van der Waals surface area contributed by atoms with Gasteiger partial charge in [0.2, 0.25) is 0 Å². The lowest BCUT2D eigenvalue weighted by atomic mass is 10.1. The Morgan fingerprint density at radius 2 is 1.85 bits per heavy atom. The van der Waals surface area contributed by atoms with Gasteiger partial charge in [0.25, 0.3) is 0 Å². The Labute approximate surface area is 120 Å². The number of rotatable bonds is 5. The molecule has 0 saturated carbocycles. The lowest BCUT2D eigenvalue weighted by Gasteiger charge is -2.21. The Morgan fingerprint density at radius 3 is 2.35 bits per heavy atom. The summed E-state index contributed by atoms with van der Waals surface area (Å²) < 4.78 is 10.5. The summed E-state index contributed by atoms with van der Waals surface area (Å²) in [4.78, 5) is 11.5. The largest absolute Gasteiger partial charge is 0.494 e. The van der Waals surface area contributed by atoms with Crippen LogP contribution in [0.2, 0.25) is 0 Å². The molecule has 1 rings (SSSR count). The molecule has 5 heteroatoms. The fraction of sp³-hybridized carbons (Fsp3) is 0.533. The minimum absolute atomic E-state index is 0.0294. The number of ether oxygens (including phenoxy) is 2. The number of nitrogens with one attached hydrogen (secondary N) is 2. The van der Waals surface area contributed by atoms with Crippen LogP contribution >= 0.6 is 0 Å². The second-order valence-corrected chi connectivity index (χ2v) is 5.49. The smallest absolute Gasteiger partial charge is 0.422 e. The van der Waals surface area contributed by atoms with Crippen LogP contribution in [0.5, 0.6) is 5.75 Å². The van der Waals surface area contributed by atoms with Crippen LogP contribution in [0.3, 0.4) is 0 Å². The average Bonchev–Trinajstić information content (AvgIpc) is 2.35. The number of hydrogen-bond donors (Lipinski definition) is 2. The molecule has 0 saturated heterocycles. The molecule has 5 nitrogen and oxygen atoms in total. The number of benzene rings is 1. The van der Waals surface area contributed by atoms with Crippen molar-refractivity contribution in [2.45, 2.75) is 46.3 Å². The molecule has 0 bridgehead atoms. The number of hydrazine groups is 1. The van der Waals surface area contributed by atoms with Gasteiger partial charge in [-0.2, -0.15) is 0 Å².